The quantitative estimate of drug-likeness (QED) is 0.158. The van der Waals surface area contributed by atoms with Gasteiger partial charge >= 0.3 is 5.97 Å². The summed E-state index contributed by atoms with van der Waals surface area (Å²) < 4.78 is 0. The summed E-state index contributed by atoms with van der Waals surface area (Å²) in [7, 11) is 0. The van der Waals surface area contributed by atoms with Crippen LogP contribution in [-0.4, -0.2) is 81.5 Å². The molecule has 184 valence electrons. The van der Waals surface area contributed by atoms with Crippen LogP contribution in [0.5, 0.6) is 5.75 Å². The molecule has 1 aromatic rings. The summed E-state index contributed by atoms with van der Waals surface area (Å²) in [6.45, 7) is 1.96. The number of nitrogens with one attached hydrogen (secondary N) is 3. The lowest BCUT2D eigenvalue weighted by molar-refractivity contribution is -0.143. The number of rotatable bonds is 13. The van der Waals surface area contributed by atoms with E-state index in [1.54, 1.807) is 6.92 Å². The number of phenolic OH excluding ortho intramolecular Hbond substituents is 1. The second-order valence-electron chi connectivity index (χ2n) is 7.67. The van der Waals surface area contributed by atoms with Crippen molar-refractivity contribution in [3.05, 3.63) is 29.8 Å². The maximum absolute atomic E-state index is 12.7. The zero-order valence-corrected chi connectivity index (χ0v) is 18.5. The van der Waals surface area contributed by atoms with Crippen LogP contribution in [0.3, 0.4) is 0 Å². The zero-order valence-electron chi connectivity index (χ0n) is 18.5. The molecule has 0 heterocycles. The molecule has 12 nitrogen and oxygen atoms in total. The van der Waals surface area contributed by atoms with E-state index in [1.165, 1.54) is 24.3 Å². The first-order chi connectivity index (χ1) is 15.5. The molecule has 0 aliphatic carbocycles. The Kier molecular flexibility index (Phi) is 11.3. The summed E-state index contributed by atoms with van der Waals surface area (Å²) in [5.41, 5.74) is 6.37. The second kappa shape index (κ2) is 13.4. The average molecular weight is 469 g/mol. The maximum atomic E-state index is 12.7. The molecule has 12 heteroatoms. The lowest BCUT2D eigenvalue weighted by atomic mass is 9.99. The van der Waals surface area contributed by atoms with Gasteiger partial charge in [0.25, 0.3) is 0 Å². The number of nitrogens with two attached hydrogens (primary N) is 1. The van der Waals surface area contributed by atoms with Crippen molar-refractivity contribution in [3.63, 3.8) is 0 Å². The highest BCUT2D eigenvalue weighted by molar-refractivity contribution is 5.94. The lowest BCUT2D eigenvalue weighted by Crippen LogP contribution is -2.59. The molecule has 5 unspecified atom stereocenters. The van der Waals surface area contributed by atoms with Gasteiger partial charge in [0.1, 0.15) is 23.9 Å². The van der Waals surface area contributed by atoms with Gasteiger partial charge in [0.05, 0.1) is 19.3 Å². The Morgan fingerprint density at radius 1 is 0.879 bits per heavy atom. The highest BCUT2D eigenvalue weighted by Crippen LogP contribution is 2.12. The van der Waals surface area contributed by atoms with E-state index < -0.39 is 61.1 Å². The number of aromatic hydroxyl groups is 1. The highest BCUT2D eigenvalue weighted by atomic mass is 16.4. The van der Waals surface area contributed by atoms with Crippen LogP contribution in [0.4, 0.5) is 0 Å². The predicted molar refractivity (Wildman–Crippen MR) is 117 cm³/mol. The van der Waals surface area contributed by atoms with E-state index in [2.05, 4.69) is 16.0 Å². The Hall–Kier alpha value is -3.22. The van der Waals surface area contributed by atoms with E-state index in [1.807, 2.05) is 6.92 Å². The van der Waals surface area contributed by atoms with Crippen molar-refractivity contribution in [1.29, 1.82) is 0 Å². The number of benzene rings is 1. The number of phenols is 1. The normalized spacial score (nSPS) is 15.4. The molecule has 0 spiro atoms. The summed E-state index contributed by atoms with van der Waals surface area (Å²) in [4.78, 5) is 48.8. The van der Waals surface area contributed by atoms with Gasteiger partial charge in [-0.15, -0.1) is 0 Å². The van der Waals surface area contributed by atoms with Gasteiger partial charge in [-0.2, -0.15) is 0 Å². The number of hydrogen-bond donors (Lipinski definition) is 8. The van der Waals surface area contributed by atoms with E-state index in [-0.39, 0.29) is 18.1 Å². The van der Waals surface area contributed by atoms with Gasteiger partial charge in [-0.25, -0.2) is 4.79 Å². The Bertz CT molecular complexity index is 817. The fraction of sp³-hybridized carbons (Fsp3) is 0.524. The third kappa shape index (κ3) is 8.67. The lowest BCUT2D eigenvalue weighted by Gasteiger charge is -2.25. The number of hydrogen-bond acceptors (Lipinski definition) is 8. The fourth-order valence-corrected chi connectivity index (χ4v) is 2.78. The van der Waals surface area contributed by atoms with Gasteiger partial charge in [-0.05, 0) is 23.6 Å². The first kappa shape index (κ1) is 27.8. The SMILES string of the molecule is CCC(C)C(N)C(=O)NC(CO)C(=O)NC(Cc1ccc(O)cc1)C(=O)NC(CO)C(=O)O. The van der Waals surface area contributed by atoms with Crippen LogP contribution in [0.1, 0.15) is 25.8 Å². The number of carboxylic acid groups (broad SMARTS) is 1. The molecule has 0 radical (unpaired) electrons. The zero-order chi connectivity index (χ0) is 25.1. The van der Waals surface area contributed by atoms with Crippen molar-refractivity contribution < 1.29 is 39.6 Å². The van der Waals surface area contributed by atoms with Crippen molar-refractivity contribution in [1.82, 2.24) is 16.0 Å². The molecule has 1 rings (SSSR count). The van der Waals surface area contributed by atoms with Crippen LogP contribution in [0.15, 0.2) is 24.3 Å². The van der Waals surface area contributed by atoms with Crippen LogP contribution < -0.4 is 21.7 Å². The number of aliphatic carboxylic acids is 1. The van der Waals surface area contributed by atoms with Crippen molar-refractivity contribution in [2.75, 3.05) is 13.2 Å². The number of aliphatic hydroxyl groups excluding tert-OH is 2. The fourth-order valence-electron chi connectivity index (χ4n) is 2.78. The highest BCUT2D eigenvalue weighted by Gasteiger charge is 2.30. The average Bonchev–Trinajstić information content (AvgIpc) is 2.79. The molecule has 0 aliphatic heterocycles. The third-order valence-electron chi connectivity index (χ3n) is 5.18. The standard InChI is InChI=1S/C21H32N4O8/c1-3-11(2)17(22)20(31)24-15(9-26)19(30)23-14(8-12-4-6-13(28)7-5-12)18(29)25-16(10-27)21(32)33/h4-7,11,14-17,26-28H,3,8-10,22H2,1-2H3,(H,23,30)(H,24,31)(H,25,29)(H,32,33). The minimum atomic E-state index is -1.60. The first-order valence-electron chi connectivity index (χ1n) is 10.4. The molecule has 0 saturated heterocycles. The van der Waals surface area contributed by atoms with Crippen LogP contribution in [0.2, 0.25) is 0 Å². The summed E-state index contributed by atoms with van der Waals surface area (Å²) in [5, 5.41) is 44.1. The molecule has 1 aromatic carbocycles. The summed E-state index contributed by atoms with van der Waals surface area (Å²) >= 11 is 0. The first-order valence-corrected chi connectivity index (χ1v) is 10.4. The van der Waals surface area contributed by atoms with Crippen LogP contribution in [-0.2, 0) is 25.6 Å². The van der Waals surface area contributed by atoms with Crippen molar-refractivity contribution in [3.8, 4) is 5.75 Å². The Balaban J connectivity index is 3.02. The topological polar surface area (TPSA) is 211 Å². The monoisotopic (exact) mass is 468 g/mol. The summed E-state index contributed by atoms with van der Waals surface area (Å²) in [6.07, 6.45) is 0.517. The molecule has 0 bridgehead atoms. The maximum Gasteiger partial charge on any atom is 0.328 e. The van der Waals surface area contributed by atoms with E-state index >= 15 is 0 Å². The molecule has 0 saturated carbocycles. The molecule has 0 fully saturated rings. The molecular weight excluding hydrogens is 436 g/mol. The predicted octanol–water partition coefficient (Wildman–Crippen LogP) is -2.17. The van der Waals surface area contributed by atoms with Gasteiger partial charge in [0.2, 0.25) is 17.7 Å². The number of amides is 3. The van der Waals surface area contributed by atoms with Crippen LogP contribution >= 0.6 is 0 Å². The van der Waals surface area contributed by atoms with E-state index in [4.69, 9.17) is 15.9 Å². The minimum Gasteiger partial charge on any atom is -0.508 e. The van der Waals surface area contributed by atoms with E-state index in [9.17, 15) is 29.4 Å². The molecule has 0 aliphatic rings. The van der Waals surface area contributed by atoms with Gasteiger partial charge in [0.15, 0.2) is 0 Å². The van der Waals surface area contributed by atoms with Gasteiger partial charge in [-0.3, -0.25) is 14.4 Å². The number of carbonyl (C=O) groups excluding carboxylic acids is 3. The van der Waals surface area contributed by atoms with Gasteiger partial charge < -0.3 is 42.1 Å². The number of carbonyl (C=O) groups is 4. The number of aliphatic hydroxyl groups is 2. The molecule has 3 amide bonds. The van der Waals surface area contributed by atoms with Crippen molar-refractivity contribution in [2.24, 2.45) is 11.7 Å². The second-order valence-corrected chi connectivity index (χ2v) is 7.67. The van der Waals surface area contributed by atoms with Crippen LogP contribution in [0.25, 0.3) is 0 Å². The minimum absolute atomic E-state index is 0.0179. The Morgan fingerprint density at radius 2 is 1.36 bits per heavy atom. The summed E-state index contributed by atoms with van der Waals surface area (Å²) in [5.74, 6) is -4.11. The third-order valence-corrected chi connectivity index (χ3v) is 5.18. The molecule has 0 aromatic heterocycles. The Morgan fingerprint density at radius 3 is 1.85 bits per heavy atom. The van der Waals surface area contributed by atoms with Gasteiger partial charge in [-0.1, -0.05) is 32.4 Å². The van der Waals surface area contributed by atoms with Crippen molar-refractivity contribution >= 4 is 23.7 Å². The molecule has 9 N–H and O–H groups in total. The Labute approximate surface area is 191 Å². The number of carboxylic acids is 1. The van der Waals surface area contributed by atoms with E-state index in [0.29, 0.717) is 12.0 Å². The largest absolute Gasteiger partial charge is 0.508 e. The van der Waals surface area contributed by atoms with E-state index in [0.717, 1.165) is 0 Å². The molecular formula is C21H32N4O8. The smallest absolute Gasteiger partial charge is 0.328 e. The summed E-state index contributed by atoms with van der Waals surface area (Å²) in [6, 6.07) is 0.505. The van der Waals surface area contributed by atoms with Crippen LogP contribution in [0, 0.1) is 5.92 Å². The van der Waals surface area contributed by atoms with Crippen molar-refractivity contribution in [2.45, 2.75) is 50.9 Å². The molecule has 33 heavy (non-hydrogen) atoms. The molecule has 5 atom stereocenters. The van der Waals surface area contributed by atoms with Gasteiger partial charge in [0, 0.05) is 6.42 Å².